The fourth-order valence-electron chi connectivity index (χ4n) is 1.23. The Hall–Kier alpha value is -2.25. The third-order valence-electron chi connectivity index (χ3n) is 1.94. The first-order valence-corrected chi connectivity index (χ1v) is 4.40. The molecule has 2 rings (SSSR count). The summed E-state index contributed by atoms with van der Waals surface area (Å²) in [7, 11) is 0. The number of aromatic nitrogens is 4. The molecule has 0 amide bonds. The van der Waals surface area contributed by atoms with Gasteiger partial charge < -0.3 is 0 Å². The van der Waals surface area contributed by atoms with Crippen molar-refractivity contribution in [3.05, 3.63) is 36.2 Å². The van der Waals surface area contributed by atoms with Gasteiger partial charge in [0, 0.05) is 0 Å². The van der Waals surface area contributed by atoms with Crippen LogP contribution in [0.5, 0.6) is 0 Å². The van der Waals surface area contributed by atoms with Crippen LogP contribution in [0.3, 0.4) is 0 Å². The third-order valence-corrected chi connectivity index (χ3v) is 1.94. The molecule has 0 aliphatic heterocycles. The Labute approximate surface area is 92.9 Å². The number of aldehydes is 1. The number of hydrogen-bond donors (Lipinski definition) is 0. The molecule has 0 spiro atoms. The summed E-state index contributed by atoms with van der Waals surface area (Å²) in [4.78, 5) is 17.9. The normalized spacial score (nSPS) is 11.5. The minimum absolute atomic E-state index is 0.185. The fourth-order valence-corrected chi connectivity index (χ4v) is 1.23. The third kappa shape index (κ3) is 2.14. The lowest BCUT2D eigenvalue weighted by Gasteiger charge is -2.02. The Morgan fingerprint density at radius 3 is 2.41 bits per heavy atom. The first kappa shape index (κ1) is 11.2. The lowest BCUT2D eigenvalue weighted by Crippen LogP contribution is -2.07. The highest BCUT2D eigenvalue weighted by Gasteiger charge is 2.35. The first-order valence-electron chi connectivity index (χ1n) is 4.40. The van der Waals surface area contributed by atoms with Crippen LogP contribution in [0.1, 0.15) is 16.2 Å². The van der Waals surface area contributed by atoms with Crippen LogP contribution in [0.15, 0.2) is 24.8 Å². The predicted octanol–water partition coefficient (Wildman–Crippen LogP) is 1.49. The molecule has 2 aromatic heterocycles. The van der Waals surface area contributed by atoms with Gasteiger partial charge in [-0.25, -0.2) is 14.6 Å². The van der Waals surface area contributed by atoms with Gasteiger partial charge >= 0.3 is 6.18 Å². The summed E-state index contributed by atoms with van der Waals surface area (Å²) in [5.41, 5.74) is -1.17. The summed E-state index contributed by atoms with van der Waals surface area (Å²) in [5, 5.41) is 3.30. The minimum atomic E-state index is -4.60. The summed E-state index contributed by atoms with van der Waals surface area (Å²) < 4.78 is 38.1. The number of carbonyl (C=O) groups excluding carboxylic acids is 1. The van der Waals surface area contributed by atoms with Gasteiger partial charge in [0.25, 0.3) is 0 Å². The van der Waals surface area contributed by atoms with E-state index >= 15 is 0 Å². The number of alkyl halides is 3. The molecule has 2 heterocycles. The summed E-state index contributed by atoms with van der Waals surface area (Å²) in [5.74, 6) is 0. The molecule has 5 nitrogen and oxygen atoms in total. The fraction of sp³-hybridized carbons (Fsp3) is 0.111. The maximum atomic E-state index is 12.4. The van der Waals surface area contributed by atoms with Gasteiger partial charge in [-0.3, -0.25) is 4.79 Å². The quantitative estimate of drug-likeness (QED) is 0.748. The van der Waals surface area contributed by atoms with Crippen LogP contribution >= 0.6 is 0 Å². The van der Waals surface area contributed by atoms with Crippen molar-refractivity contribution in [3.63, 3.8) is 0 Å². The average molecular weight is 242 g/mol. The molecular weight excluding hydrogens is 237 g/mol. The van der Waals surface area contributed by atoms with E-state index in [9.17, 15) is 18.0 Å². The van der Waals surface area contributed by atoms with Crippen molar-refractivity contribution in [2.75, 3.05) is 0 Å². The topological polar surface area (TPSA) is 60.7 Å². The van der Waals surface area contributed by atoms with Crippen molar-refractivity contribution in [1.29, 1.82) is 0 Å². The molecule has 0 fully saturated rings. The molecule has 0 radical (unpaired) electrons. The van der Waals surface area contributed by atoms with Crippen LogP contribution in [-0.4, -0.2) is 26.0 Å². The molecule has 0 saturated heterocycles. The average Bonchev–Trinajstić information content (AvgIpc) is 2.73. The second kappa shape index (κ2) is 3.96. The molecule has 0 bridgehead atoms. The number of rotatable bonds is 2. The van der Waals surface area contributed by atoms with Gasteiger partial charge in [-0.15, -0.1) is 0 Å². The van der Waals surface area contributed by atoms with Crippen molar-refractivity contribution >= 4 is 6.29 Å². The number of nitrogens with zero attached hydrogens (tertiary/aromatic N) is 4. The molecule has 0 N–H and O–H groups in total. The first-order chi connectivity index (χ1) is 8.02. The Balaban J connectivity index is 2.55. The Bertz CT molecular complexity index is 535. The van der Waals surface area contributed by atoms with E-state index in [1.54, 1.807) is 0 Å². The number of carbonyl (C=O) groups is 1. The highest BCUT2D eigenvalue weighted by Crippen LogP contribution is 2.28. The van der Waals surface area contributed by atoms with Crippen LogP contribution in [0.25, 0.3) is 5.69 Å². The van der Waals surface area contributed by atoms with Gasteiger partial charge in [-0.1, -0.05) is 0 Å². The van der Waals surface area contributed by atoms with E-state index < -0.39 is 11.9 Å². The molecule has 88 valence electrons. The Morgan fingerprint density at radius 2 is 1.88 bits per heavy atom. The zero-order valence-corrected chi connectivity index (χ0v) is 8.22. The molecule has 0 atom stereocenters. The van der Waals surface area contributed by atoms with E-state index in [1.807, 2.05) is 0 Å². The SMILES string of the molecule is O=Cc1cc(C(F)(F)F)nn1-c1cncnc1. The lowest BCUT2D eigenvalue weighted by molar-refractivity contribution is -0.141. The van der Waals surface area contributed by atoms with Gasteiger partial charge in [-0.2, -0.15) is 18.3 Å². The van der Waals surface area contributed by atoms with Crippen LogP contribution in [-0.2, 0) is 6.18 Å². The minimum Gasteiger partial charge on any atom is -0.296 e. The molecule has 0 aliphatic rings. The summed E-state index contributed by atoms with van der Waals surface area (Å²) in [6.45, 7) is 0. The monoisotopic (exact) mass is 242 g/mol. The van der Waals surface area contributed by atoms with Gasteiger partial charge in [0.2, 0.25) is 0 Å². The van der Waals surface area contributed by atoms with Gasteiger partial charge in [0.15, 0.2) is 12.0 Å². The molecule has 0 aliphatic carbocycles. The van der Waals surface area contributed by atoms with Crippen LogP contribution in [0.2, 0.25) is 0 Å². The maximum absolute atomic E-state index is 12.4. The maximum Gasteiger partial charge on any atom is 0.435 e. The van der Waals surface area contributed by atoms with Gasteiger partial charge in [-0.05, 0) is 6.07 Å². The summed E-state index contributed by atoms with van der Waals surface area (Å²) >= 11 is 0. The van der Waals surface area contributed by atoms with E-state index in [1.165, 1.54) is 18.7 Å². The summed E-state index contributed by atoms with van der Waals surface area (Å²) in [6, 6.07) is 0.667. The van der Waals surface area contributed by atoms with E-state index in [-0.39, 0.29) is 17.7 Å². The Kier molecular flexibility index (Phi) is 2.62. The highest BCUT2D eigenvalue weighted by molar-refractivity contribution is 5.73. The second-order valence-electron chi connectivity index (χ2n) is 3.08. The molecule has 8 heteroatoms. The zero-order valence-electron chi connectivity index (χ0n) is 8.22. The van der Waals surface area contributed by atoms with Crippen LogP contribution in [0, 0.1) is 0 Å². The van der Waals surface area contributed by atoms with Crippen LogP contribution in [0.4, 0.5) is 13.2 Å². The number of hydrogen-bond acceptors (Lipinski definition) is 4. The van der Waals surface area contributed by atoms with E-state index in [2.05, 4.69) is 15.1 Å². The largest absolute Gasteiger partial charge is 0.435 e. The summed E-state index contributed by atoms with van der Waals surface area (Å²) in [6.07, 6.45) is -0.577. The lowest BCUT2D eigenvalue weighted by atomic mass is 10.3. The predicted molar refractivity (Wildman–Crippen MR) is 49.5 cm³/mol. The number of halogens is 3. The standard InChI is InChI=1S/C9H5F3N4O/c10-9(11,12)8-1-6(4-17)16(15-8)7-2-13-5-14-3-7/h1-5H. The van der Waals surface area contributed by atoms with E-state index in [0.29, 0.717) is 6.07 Å². The molecule has 0 aromatic carbocycles. The highest BCUT2D eigenvalue weighted by atomic mass is 19.4. The molecule has 17 heavy (non-hydrogen) atoms. The van der Waals surface area contributed by atoms with Crippen LogP contribution < -0.4 is 0 Å². The van der Waals surface area contributed by atoms with Crippen molar-refractivity contribution in [2.24, 2.45) is 0 Å². The van der Waals surface area contributed by atoms with Crippen molar-refractivity contribution in [3.8, 4) is 5.69 Å². The van der Waals surface area contributed by atoms with E-state index in [0.717, 1.165) is 4.68 Å². The second-order valence-corrected chi connectivity index (χ2v) is 3.08. The molecule has 2 aromatic rings. The Morgan fingerprint density at radius 1 is 1.24 bits per heavy atom. The van der Waals surface area contributed by atoms with Gasteiger partial charge in [0.1, 0.15) is 17.7 Å². The van der Waals surface area contributed by atoms with Crippen molar-refractivity contribution < 1.29 is 18.0 Å². The zero-order chi connectivity index (χ0) is 12.5. The molecule has 0 unspecified atom stereocenters. The molecular formula is C9H5F3N4O. The smallest absolute Gasteiger partial charge is 0.296 e. The van der Waals surface area contributed by atoms with Crippen molar-refractivity contribution in [2.45, 2.75) is 6.18 Å². The van der Waals surface area contributed by atoms with Gasteiger partial charge in [0.05, 0.1) is 12.4 Å². The molecule has 0 saturated carbocycles. The van der Waals surface area contributed by atoms with E-state index in [4.69, 9.17) is 0 Å². The van der Waals surface area contributed by atoms with Crippen molar-refractivity contribution in [1.82, 2.24) is 19.7 Å².